The Bertz CT molecular complexity index is 525. The van der Waals surface area contributed by atoms with Gasteiger partial charge in [-0.05, 0) is 18.8 Å². The van der Waals surface area contributed by atoms with Crippen molar-refractivity contribution in [3.63, 3.8) is 0 Å². The lowest BCUT2D eigenvalue weighted by molar-refractivity contribution is 0.507. The molecular formula is C14H20N4O. The van der Waals surface area contributed by atoms with Gasteiger partial charge in [0.25, 0.3) is 5.56 Å². The van der Waals surface area contributed by atoms with Crippen LogP contribution in [-0.4, -0.2) is 22.1 Å². The van der Waals surface area contributed by atoms with Gasteiger partial charge in [0.05, 0.1) is 12.5 Å². The van der Waals surface area contributed by atoms with Gasteiger partial charge in [-0.3, -0.25) is 4.79 Å². The summed E-state index contributed by atoms with van der Waals surface area (Å²) in [6, 6.07) is 2.53. The van der Waals surface area contributed by atoms with Crippen LogP contribution < -0.4 is 10.5 Å². The minimum absolute atomic E-state index is 0.0407. The first kappa shape index (κ1) is 13.6. The largest absolute Gasteiger partial charge is 0.348 e. The van der Waals surface area contributed by atoms with Crippen molar-refractivity contribution < 1.29 is 0 Å². The highest BCUT2D eigenvalue weighted by Gasteiger charge is 2.31. The maximum Gasteiger partial charge on any atom is 0.293 e. The van der Waals surface area contributed by atoms with Crippen LogP contribution in [0, 0.1) is 17.2 Å². The molecule has 1 fully saturated rings. The van der Waals surface area contributed by atoms with Crippen molar-refractivity contribution in [2.75, 3.05) is 11.4 Å². The normalized spacial score (nSPS) is 14.4. The van der Waals surface area contributed by atoms with E-state index in [4.69, 9.17) is 5.26 Å². The molecule has 1 heterocycles. The van der Waals surface area contributed by atoms with E-state index in [0.29, 0.717) is 37.3 Å². The molecule has 0 aromatic carbocycles. The molecule has 0 saturated heterocycles. The average Bonchev–Trinajstić information content (AvgIpc) is 3.18. The maximum atomic E-state index is 12.4. The van der Waals surface area contributed by atoms with Crippen LogP contribution in [0.5, 0.6) is 0 Å². The molecule has 1 aromatic rings. The molecule has 0 radical (unpaired) electrons. The summed E-state index contributed by atoms with van der Waals surface area (Å²) in [4.78, 5) is 18.7. The van der Waals surface area contributed by atoms with Gasteiger partial charge in [0, 0.05) is 31.5 Å². The molecule has 0 amide bonds. The first-order valence-corrected chi connectivity index (χ1v) is 6.82. The van der Waals surface area contributed by atoms with E-state index in [2.05, 4.69) is 24.9 Å². The third kappa shape index (κ3) is 3.34. The molecule has 102 valence electrons. The number of rotatable bonds is 6. The van der Waals surface area contributed by atoms with Crippen LogP contribution in [0.15, 0.2) is 17.2 Å². The minimum atomic E-state index is -0.0407. The molecule has 2 rings (SSSR count). The summed E-state index contributed by atoms with van der Waals surface area (Å²) in [5.41, 5.74) is -0.0407. The van der Waals surface area contributed by atoms with Crippen LogP contribution in [0.1, 0.15) is 33.1 Å². The number of nitriles is 1. The van der Waals surface area contributed by atoms with E-state index < -0.39 is 0 Å². The third-order valence-electron chi connectivity index (χ3n) is 3.18. The van der Waals surface area contributed by atoms with Crippen LogP contribution in [0.2, 0.25) is 0 Å². The van der Waals surface area contributed by atoms with Crippen molar-refractivity contribution in [2.45, 2.75) is 45.7 Å². The average molecular weight is 260 g/mol. The highest BCUT2D eigenvalue weighted by atomic mass is 16.1. The molecule has 1 saturated carbocycles. The van der Waals surface area contributed by atoms with Gasteiger partial charge in [0.2, 0.25) is 0 Å². The Morgan fingerprint density at radius 2 is 2.32 bits per heavy atom. The van der Waals surface area contributed by atoms with Crippen molar-refractivity contribution in [3.8, 4) is 6.07 Å². The number of aromatic nitrogens is 2. The fraction of sp³-hybridized carbons (Fsp3) is 0.643. The van der Waals surface area contributed by atoms with E-state index >= 15 is 0 Å². The standard InChI is InChI=1S/C14H20N4O/c1-11(2)10-17-9-7-16-13(14(17)19)18(8-3-6-15)12-4-5-12/h7,9,11-12H,3-5,8,10H2,1-2H3. The number of hydrogen-bond acceptors (Lipinski definition) is 4. The zero-order valence-corrected chi connectivity index (χ0v) is 11.5. The van der Waals surface area contributed by atoms with E-state index in [0.717, 1.165) is 12.8 Å². The van der Waals surface area contributed by atoms with Crippen molar-refractivity contribution in [3.05, 3.63) is 22.7 Å². The minimum Gasteiger partial charge on any atom is -0.348 e. The summed E-state index contributed by atoms with van der Waals surface area (Å²) in [7, 11) is 0. The Morgan fingerprint density at radius 3 is 2.89 bits per heavy atom. The number of anilines is 1. The van der Waals surface area contributed by atoms with Crippen LogP contribution >= 0.6 is 0 Å². The zero-order valence-electron chi connectivity index (χ0n) is 11.5. The van der Waals surface area contributed by atoms with Gasteiger partial charge in [-0.15, -0.1) is 0 Å². The van der Waals surface area contributed by atoms with Gasteiger partial charge in [0.15, 0.2) is 5.82 Å². The van der Waals surface area contributed by atoms with Crippen molar-refractivity contribution in [2.24, 2.45) is 5.92 Å². The van der Waals surface area contributed by atoms with Crippen LogP contribution in [0.25, 0.3) is 0 Å². The monoisotopic (exact) mass is 260 g/mol. The smallest absolute Gasteiger partial charge is 0.293 e. The SMILES string of the molecule is CC(C)Cn1ccnc(N(CCC#N)C2CC2)c1=O. The summed E-state index contributed by atoms with van der Waals surface area (Å²) < 4.78 is 1.72. The molecule has 0 bridgehead atoms. The Balaban J connectivity index is 2.27. The quantitative estimate of drug-likeness (QED) is 0.782. The van der Waals surface area contributed by atoms with Crippen molar-refractivity contribution >= 4 is 5.82 Å². The first-order chi connectivity index (χ1) is 9.13. The molecular weight excluding hydrogens is 240 g/mol. The molecule has 1 aromatic heterocycles. The second-order valence-electron chi connectivity index (χ2n) is 5.43. The second kappa shape index (κ2) is 5.87. The van der Waals surface area contributed by atoms with Gasteiger partial charge in [0.1, 0.15) is 0 Å². The van der Waals surface area contributed by atoms with E-state index in [1.807, 2.05) is 4.90 Å². The summed E-state index contributed by atoms with van der Waals surface area (Å²) in [6.07, 6.45) is 6.02. The molecule has 5 heteroatoms. The van der Waals surface area contributed by atoms with Crippen LogP contribution in [0.4, 0.5) is 5.82 Å². The molecule has 0 atom stereocenters. The van der Waals surface area contributed by atoms with Crippen LogP contribution in [-0.2, 0) is 6.54 Å². The molecule has 0 N–H and O–H groups in total. The Labute approximate surface area is 113 Å². The van der Waals surface area contributed by atoms with Gasteiger partial charge >= 0.3 is 0 Å². The van der Waals surface area contributed by atoms with E-state index in [1.54, 1.807) is 17.0 Å². The van der Waals surface area contributed by atoms with E-state index in [1.165, 1.54) is 0 Å². The lowest BCUT2D eigenvalue weighted by atomic mass is 10.2. The molecule has 1 aliphatic rings. The lowest BCUT2D eigenvalue weighted by Gasteiger charge is -2.22. The summed E-state index contributed by atoms with van der Waals surface area (Å²) >= 11 is 0. The maximum absolute atomic E-state index is 12.4. The molecule has 0 spiro atoms. The third-order valence-corrected chi connectivity index (χ3v) is 3.18. The highest BCUT2D eigenvalue weighted by Crippen LogP contribution is 2.29. The van der Waals surface area contributed by atoms with Gasteiger partial charge in [-0.2, -0.15) is 5.26 Å². The van der Waals surface area contributed by atoms with Crippen LogP contribution in [0.3, 0.4) is 0 Å². The number of nitrogens with zero attached hydrogens (tertiary/aromatic N) is 4. The van der Waals surface area contributed by atoms with Gasteiger partial charge in [-0.25, -0.2) is 4.98 Å². The zero-order chi connectivity index (χ0) is 13.8. The fourth-order valence-corrected chi connectivity index (χ4v) is 2.19. The highest BCUT2D eigenvalue weighted by molar-refractivity contribution is 5.39. The molecule has 0 aliphatic heterocycles. The number of hydrogen-bond donors (Lipinski definition) is 0. The predicted molar refractivity (Wildman–Crippen MR) is 73.9 cm³/mol. The van der Waals surface area contributed by atoms with E-state index in [-0.39, 0.29) is 5.56 Å². The van der Waals surface area contributed by atoms with Crippen molar-refractivity contribution in [1.82, 2.24) is 9.55 Å². The van der Waals surface area contributed by atoms with Crippen molar-refractivity contribution in [1.29, 1.82) is 5.26 Å². The Morgan fingerprint density at radius 1 is 1.58 bits per heavy atom. The van der Waals surface area contributed by atoms with E-state index in [9.17, 15) is 4.79 Å². The molecule has 5 nitrogen and oxygen atoms in total. The molecule has 1 aliphatic carbocycles. The Hall–Kier alpha value is -1.83. The lowest BCUT2D eigenvalue weighted by Crippen LogP contribution is -2.36. The fourth-order valence-electron chi connectivity index (χ4n) is 2.19. The molecule has 0 unspecified atom stereocenters. The van der Waals surface area contributed by atoms with Gasteiger partial charge < -0.3 is 9.47 Å². The van der Waals surface area contributed by atoms with Gasteiger partial charge in [-0.1, -0.05) is 13.8 Å². The second-order valence-corrected chi connectivity index (χ2v) is 5.43. The topological polar surface area (TPSA) is 61.9 Å². The summed E-state index contributed by atoms with van der Waals surface area (Å²) in [5, 5.41) is 8.73. The predicted octanol–water partition coefficient (Wildman–Crippen LogP) is 1.78. The Kier molecular flexibility index (Phi) is 4.20. The summed E-state index contributed by atoms with van der Waals surface area (Å²) in [5.74, 6) is 0.919. The molecule has 19 heavy (non-hydrogen) atoms. The first-order valence-electron chi connectivity index (χ1n) is 6.82. The summed E-state index contributed by atoms with van der Waals surface area (Å²) in [6.45, 7) is 5.46.